The minimum absolute atomic E-state index is 0.643. The molecule has 0 bridgehead atoms. The van der Waals surface area contributed by atoms with Crippen molar-refractivity contribution in [2.24, 2.45) is 0 Å². The van der Waals surface area contributed by atoms with Crippen LogP contribution in [0.5, 0.6) is 5.75 Å². The summed E-state index contributed by atoms with van der Waals surface area (Å²) in [5, 5.41) is 4.64. The van der Waals surface area contributed by atoms with Crippen LogP contribution in [0.1, 0.15) is 31.7 Å². The molecule has 0 saturated heterocycles. The number of para-hydroxylation sites is 1. The van der Waals surface area contributed by atoms with Gasteiger partial charge in [-0.3, -0.25) is 0 Å². The molecule has 0 aromatic heterocycles. The standard InChI is InChI=1S/C18H21Cl2NO/c1-2-3-6-11-22-18-8-5-4-7-14(18)13-21-17-12-15(19)9-10-16(17)20/h4-5,7-10,12,21H,2-3,6,11,13H2,1H3. The molecule has 0 aliphatic carbocycles. The van der Waals surface area contributed by atoms with Crippen LogP contribution in [0.4, 0.5) is 5.69 Å². The van der Waals surface area contributed by atoms with E-state index < -0.39 is 0 Å². The molecule has 0 aliphatic heterocycles. The van der Waals surface area contributed by atoms with Gasteiger partial charge in [0.25, 0.3) is 0 Å². The highest BCUT2D eigenvalue weighted by molar-refractivity contribution is 6.35. The molecule has 2 nitrogen and oxygen atoms in total. The largest absolute Gasteiger partial charge is 0.493 e. The highest BCUT2D eigenvalue weighted by atomic mass is 35.5. The van der Waals surface area contributed by atoms with Crippen LogP contribution in [0.3, 0.4) is 0 Å². The van der Waals surface area contributed by atoms with Gasteiger partial charge in [-0.1, -0.05) is 61.2 Å². The van der Waals surface area contributed by atoms with Crippen LogP contribution >= 0.6 is 23.2 Å². The summed E-state index contributed by atoms with van der Waals surface area (Å²) in [6.45, 7) is 3.58. The summed E-state index contributed by atoms with van der Waals surface area (Å²) in [4.78, 5) is 0. The first-order chi connectivity index (χ1) is 10.7. The van der Waals surface area contributed by atoms with E-state index in [1.807, 2.05) is 24.3 Å². The van der Waals surface area contributed by atoms with Crippen LogP contribution < -0.4 is 10.1 Å². The van der Waals surface area contributed by atoms with E-state index in [2.05, 4.69) is 18.3 Å². The minimum Gasteiger partial charge on any atom is -0.493 e. The van der Waals surface area contributed by atoms with Crippen molar-refractivity contribution in [3.8, 4) is 5.75 Å². The van der Waals surface area contributed by atoms with Gasteiger partial charge in [-0.25, -0.2) is 0 Å². The molecule has 118 valence electrons. The van der Waals surface area contributed by atoms with Crippen LogP contribution in [-0.2, 0) is 6.54 Å². The Morgan fingerprint density at radius 2 is 1.86 bits per heavy atom. The van der Waals surface area contributed by atoms with Crippen molar-refractivity contribution in [1.29, 1.82) is 0 Å². The molecule has 2 aromatic rings. The first-order valence-corrected chi connectivity index (χ1v) is 8.36. The number of anilines is 1. The van der Waals surface area contributed by atoms with Crippen molar-refractivity contribution < 1.29 is 4.74 Å². The fourth-order valence-electron chi connectivity index (χ4n) is 2.15. The predicted molar refractivity (Wildman–Crippen MR) is 95.3 cm³/mol. The van der Waals surface area contributed by atoms with Crippen molar-refractivity contribution in [3.63, 3.8) is 0 Å². The maximum absolute atomic E-state index is 6.17. The molecule has 0 amide bonds. The van der Waals surface area contributed by atoms with Gasteiger partial charge in [-0.05, 0) is 30.7 Å². The molecular formula is C18H21Cl2NO. The molecule has 0 atom stereocenters. The summed E-state index contributed by atoms with van der Waals surface area (Å²) in [5.41, 5.74) is 1.94. The lowest BCUT2D eigenvalue weighted by Crippen LogP contribution is -2.04. The summed E-state index contributed by atoms with van der Waals surface area (Å²) in [5.74, 6) is 0.921. The molecule has 0 heterocycles. The number of rotatable bonds is 8. The van der Waals surface area contributed by atoms with E-state index in [9.17, 15) is 0 Å². The maximum atomic E-state index is 6.17. The Bertz CT molecular complexity index is 601. The summed E-state index contributed by atoms with van der Waals surface area (Å²) in [6, 6.07) is 13.5. The third-order valence-electron chi connectivity index (χ3n) is 3.38. The average Bonchev–Trinajstić information content (AvgIpc) is 2.53. The molecule has 0 saturated carbocycles. The average molecular weight is 338 g/mol. The highest BCUT2D eigenvalue weighted by Crippen LogP contribution is 2.27. The quantitative estimate of drug-likeness (QED) is 0.581. The number of ether oxygens (including phenoxy) is 1. The third kappa shape index (κ3) is 5.11. The lowest BCUT2D eigenvalue weighted by atomic mass is 10.2. The van der Waals surface area contributed by atoms with E-state index in [1.54, 1.807) is 12.1 Å². The van der Waals surface area contributed by atoms with E-state index >= 15 is 0 Å². The fraction of sp³-hybridized carbons (Fsp3) is 0.333. The van der Waals surface area contributed by atoms with Crippen LogP contribution in [-0.4, -0.2) is 6.61 Å². The van der Waals surface area contributed by atoms with Crippen LogP contribution in [0.15, 0.2) is 42.5 Å². The monoisotopic (exact) mass is 337 g/mol. The maximum Gasteiger partial charge on any atom is 0.124 e. The number of halogens is 2. The number of benzene rings is 2. The summed E-state index contributed by atoms with van der Waals surface area (Å²) in [7, 11) is 0. The van der Waals surface area contributed by atoms with Gasteiger partial charge in [-0.2, -0.15) is 0 Å². The predicted octanol–water partition coefficient (Wildman–Crippen LogP) is 6.17. The van der Waals surface area contributed by atoms with Gasteiger partial charge in [0.15, 0.2) is 0 Å². The summed E-state index contributed by atoms with van der Waals surface area (Å²) in [6.07, 6.45) is 3.47. The molecule has 2 aromatic carbocycles. The van der Waals surface area contributed by atoms with E-state index in [4.69, 9.17) is 27.9 Å². The zero-order valence-electron chi connectivity index (χ0n) is 12.7. The molecule has 0 radical (unpaired) electrons. The zero-order valence-corrected chi connectivity index (χ0v) is 14.3. The summed E-state index contributed by atoms with van der Waals surface area (Å²) < 4.78 is 5.88. The lowest BCUT2D eigenvalue weighted by Gasteiger charge is -2.13. The van der Waals surface area contributed by atoms with E-state index in [0.29, 0.717) is 16.6 Å². The van der Waals surface area contributed by atoms with Gasteiger partial charge in [0.2, 0.25) is 0 Å². The van der Waals surface area contributed by atoms with Crippen LogP contribution in [0, 0.1) is 0 Å². The minimum atomic E-state index is 0.643. The molecule has 1 N–H and O–H groups in total. The topological polar surface area (TPSA) is 21.3 Å². The van der Waals surface area contributed by atoms with Crippen molar-refractivity contribution in [1.82, 2.24) is 0 Å². The molecule has 0 fully saturated rings. The van der Waals surface area contributed by atoms with Gasteiger partial charge >= 0.3 is 0 Å². The number of nitrogens with one attached hydrogen (secondary N) is 1. The first kappa shape index (κ1) is 17.0. The van der Waals surface area contributed by atoms with Crippen molar-refractivity contribution in [2.45, 2.75) is 32.7 Å². The Morgan fingerprint density at radius 1 is 1.05 bits per heavy atom. The third-order valence-corrected chi connectivity index (χ3v) is 3.94. The first-order valence-electron chi connectivity index (χ1n) is 7.60. The van der Waals surface area contributed by atoms with E-state index in [0.717, 1.165) is 30.0 Å². The Balaban J connectivity index is 1.98. The molecular weight excluding hydrogens is 317 g/mol. The highest BCUT2D eigenvalue weighted by Gasteiger charge is 2.05. The molecule has 0 unspecified atom stereocenters. The van der Waals surface area contributed by atoms with Gasteiger partial charge in [0, 0.05) is 17.1 Å². The van der Waals surface area contributed by atoms with Gasteiger partial charge in [-0.15, -0.1) is 0 Å². The van der Waals surface area contributed by atoms with E-state index in [1.165, 1.54) is 12.8 Å². The van der Waals surface area contributed by atoms with E-state index in [-0.39, 0.29) is 0 Å². The molecule has 0 aliphatic rings. The SMILES string of the molecule is CCCCCOc1ccccc1CNc1cc(Cl)ccc1Cl. The van der Waals surface area contributed by atoms with Gasteiger partial charge < -0.3 is 10.1 Å². The second-order valence-corrected chi connectivity index (χ2v) is 5.98. The molecule has 22 heavy (non-hydrogen) atoms. The van der Waals surface area contributed by atoms with Crippen LogP contribution in [0.25, 0.3) is 0 Å². The Morgan fingerprint density at radius 3 is 2.68 bits per heavy atom. The fourth-order valence-corrected chi connectivity index (χ4v) is 2.50. The van der Waals surface area contributed by atoms with Gasteiger partial charge in [0.1, 0.15) is 5.75 Å². The van der Waals surface area contributed by atoms with Crippen molar-refractivity contribution in [2.75, 3.05) is 11.9 Å². The number of hydrogen-bond acceptors (Lipinski definition) is 2. The number of hydrogen-bond donors (Lipinski definition) is 1. The molecule has 0 spiro atoms. The number of unbranched alkanes of at least 4 members (excludes halogenated alkanes) is 2. The second kappa shape index (κ2) is 8.92. The zero-order chi connectivity index (χ0) is 15.8. The van der Waals surface area contributed by atoms with Crippen molar-refractivity contribution >= 4 is 28.9 Å². The Kier molecular flexibility index (Phi) is 6.88. The van der Waals surface area contributed by atoms with Crippen molar-refractivity contribution in [3.05, 3.63) is 58.1 Å². The smallest absolute Gasteiger partial charge is 0.124 e. The van der Waals surface area contributed by atoms with Crippen LogP contribution in [0.2, 0.25) is 10.0 Å². The molecule has 4 heteroatoms. The summed E-state index contributed by atoms with van der Waals surface area (Å²) >= 11 is 12.2. The molecule has 2 rings (SSSR count). The normalized spacial score (nSPS) is 10.5. The second-order valence-electron chi connectivity index (χ2n) is 5.14. The van der Waals surface area contributed by atoms with Gasteiger partial charge in [0.05, 0.1) is 17.3 Å². The lowest BCUT2D eigenvalue weighted by molar-refractivity contribution is 0.303. The Labute approximate surface area is 142 Å². The Hall–Kier alpha value is -1.38.